The second-order valence-corrected chi connectivity index (χ2v) is 12.2. The number of carbonyl (C=O) groups is 5. The van der Waals surface area contributed by atoms with Crippen molar-refractivity contribution in [2.45, 2.75) is 63.6 Å². The standard InChI is InChI=1S/C29H36N6O3.2C2HF3O2/c1-20-14-16-34(17-15-20)27(37)25(22-12-8-5-9-13-22)35-18-23(31-19-35)32-26(36)24(21-10-6-4-7-11-21)33-28(38)29(2,3)30;2*3-2(4,5)1(6)7/h4-13,18-20,24-25H,14-17,30H2,1-3H3,(H,32,36)(H,33,38);2*(H,6,7)/t24?,25-;;/m1../s1. The molecule has 284 valence electrons. The van der Waals surface area contributed by atoms with Gasteiger partial charge in [0.05, 0.1) is 11.9 Å². The lowest BCUT2D eigenvalue weighted by molar-refractivity contribution is -0.193. The van der Waals surface area contributed by atoms with E-state index in [9.17, 15) is 40.7 Å². The number of piperidine rings is 1. The summed E-state index contributed by atoms with van der Waals surface area (Å²) in [6.45, 7) is 6.80. The van der Waals surface area contributed by atoms with Crippen molar-refractivity contribution >= 4 is 35.5 Å². The maximum absolute atomic E-state index is 13.7. The summed E-state index contributed by atoms with van der Waals surface area (Å²) in [5.74, 6) is -5.56. The van der Waals surface area contributed by atoms with Crippen LogP contribution in [0.15, 0.2) is 73.2 Å². The monoisotopic (exact) mass is 744 g/mol. The molecule has 52 heavy (non-hydrogen) atoms. The number of benzene rings is 2. The zero-order valence-electron chi connectivity index (χ0n) is 28.1. The first kappa shape index (κ1) is 42.7. The molecule has 0 spiro atoms. The van der Waals surface area contributed by atoms with E-state index in [2.05, 4.69) is 22.5 Å². The lowest BCUT2D eigenvalue weighted by Gasteiger charge is -2.33. The number of imidazole rings is 1. The third-order valence-corrected chi connectivity index (χ3v) is 7.34. The number of anilines is 1. The predicted molar refractivity (Wildman–Crippen MR) is 173 cm³/mol. The Balaban J connectivity index is 0.000000564. The molecule has 4 rings (SSSR count). The fourth-order valence-corrected chi connectivity index (χ4v) is 4.48. The number of carboxylic acids is 2. The number of aliphatic carboxylic acids is 2. The van der Waals surface area contributed by atoms with Gasteiger partial charge in [0, 0.05) is 19.3 Å². The molecule has 2 aromatic carbocycles. The molecule has 1 aliphatic rings. The normalized spacial score (nSPS) is 14.7. The minimum atomic E-state index is -5.08. The minimum Gasteiger partial charge on any atom is -0.475 e. The first-order valence-electron chi connectivity index (χ1n) is 15.5. The van der Waals surface area contributed by atoms with E-state index in [-0.39, 0.29) is 11.7 Å². The average Bonchev–Trinajstić information content (AvgIpc) is 3.51. The molecule has 6 N–H and O–H groups in total. The predicted octanol–water partition coefficient (Wildman–Crippen LogP) is 4.53. The third-order valence-electron chi connectivity index (χ3n) is 7.34. The van der Waals surface area contributed by atoms with Gasteiger partial charge in [0.1, 0.15) is 12.1 Å². The van der Waals surface area contributed by atoms with Crippen LogP contribution in [0, 0.1) is 5.92 Å². The number of rotatable bonds is 8. The Morgan fingerprint density at radius 2 is 1.27 bits per heavy atom. The Morgan fingerprint density at radius 3 is 1.69 bits per heavy atom. The SMILES string of the molecule is CC1CCN(C(=O)[C@@H](c2ccccc2)n2cnc(NC(=O)C(NC(=O)C(C)(C)N)c3ccccc3)c2)CC1.O=C(O)C(F)(F)F.O=C(O)C(F)(F)F. The number of carboxylic acid groups (broad SMARTS) is 2. The van der Waals surface area contributed by atoms with Crippen molar-refractivity contribution in [2.75, 3.05) is 18.4 Å². The molecule has 13 nitrogen and oxygen atoms in total. The molecule has 1 saturated heterocycles. The van der Waals surface area contributed by atoms with Crippen molar-refractivity contribution in [3.63, 3.8) is 0 Å². The quantitative estimate of drug-likeness (QED) is 0.206. The van der Waals surface area contributed by atoms with Crippen LogP contribution in [0.3, 0.4) is 0 Å². The smallest absolute Gasteiger partial charge is 0.475 e. The van der Waals surface area contributed by atoms with E-state index < -0.39 is 53.7 Å². The van der Waals surface area contributed by atoms with E-state index in [1.165, 1.54) is 0 Å². The van der Waals surface area contributed by atoms with Crippen LogP contribution in [-0.4, -0.2) is 85.3 Å². The molecule has 1 fully saturated rings. The number of aromatic nitrogens is 2. The number of likely N-dealkylation sites (tertiary alicyclic amines) is 1. The summed E-state index contributed by atoms with van der Waals surface area (Å²) < 4.78 is 65.2. The number of halogens is 6. The van der Waals surface area contributed by atoms with Crippen molar-refractivity contribution < 1.29 is 60.5 Å². The molecule has 1 aromatic heterocycles. The minimum absolute atomic E-state index is 0.00187. The number of carbonyl (C=O) groups excluding carboxylic acids is 3. The number of hydrogen-bond acceptors (Lipinski definition) is 7. The van der Waals surface area contributed by atoms with Gasteiger partial charge in [0.25, 0.3) is 5.91 Å². The van der Waals surface area contributed by atoms with Crippen LogP contribution in [0.4, 0.5) is 32.2 Å². The number of alkyl halides is 6. The summed E-state index contributed by atoms with van der Waals surface area (Å²) in [5, 5.41) is 19.8. The number of hydrogen-bond donors (Lipinski definition) is 5. The summed E-state index contributed by atoms with van der Waals surface area (Å²) in [4.78, 5) is 63.7. The molecular weight excluding hydrogens is 706 g/mol. The van der Waals surface area contributed by atoms with Crippen LogP contribution in [0.2, 0.25) is 0 Å². The molecule has 0 radical (unpaired) electrons. The topological polar surface area (TPSA) is 197 Å². The summed E-state index contributed by atoms with van der Waals surface area (Å²) in [6, 6.07) is 16.9. The summed E-state index contributed by atoms with van der Waals surface area (Å²) in [6.07, 6.45) is -5.01. The van der Waals surface area contributed by atoms with Gasteiger partial charge < -0.3 is 36.0 Å². The molecule has 2 heterocycles. The Kier molecular flexibility index (Phi) is 14.9. The van der Waals surface area contributed by atoms with Crippen LogP contribution >= 0.6 is 0 Å². The molecule has 0 bridgehead atoms. The molecule has 3 amide bonds. The average molecular weight is 745 g/mol. The Labute approximate surface area is 293 Å². The second kappa shape index (κ2) is 18.2. The first-order chi connectivity index (χ1) is 24.0. The lowest BCUT2D eigenvalue weighted by atomic mass is 9.97. The van der Waals surface area contributed by atoms with E-state index in [0.29, 0.717) is 11.5 Å². The fourth-order valence-electron chi connectivity index (χ4n) is 4.48. The van der Waals surface area contributed by atoms with E-state index >= 15 is 0 Å². The molecule has 0 aliphatic carbocycles. The number of nitrogens with two attached hydrogens (primary N) is 1. The highest BCUT2D eigenvalue weighted by molar-refractivity contribution is 5.98. The van der Waals surface area contributed by atoms with Crippen LogP contribution in [0.5, 0.6) is 0 Å². The number of amides is 3. The van der Waals surface area contributed by atoms with Crippen molar-refractivity contribution in [3.8, 4) is 0 Å². The summed E-state index contributed by atoms with van der Waals surface area (Å²) in [5.41, 5.74) is 6.24. The van der Waals surface area contributed by atoms with Crippen LogP contribution in [0.25, 0.3) is 0 Å². The van der Waals surface area contributed by atoms with Crippen molar-refractivity contribution in [1.29, 1.82) is 0 Å². The Hall–Kier alpha value is -5.46. The largest absolute Gasteiger partial charge is 0.490 e. The highest BCUT2D eigenvalue weighted by atomic mass is 19.4. The van der Waals surface area contributed by atoms with Gasteiger partial charge in [-0.3, -0.25) is 14.4 Å². The van der Waals surface area contributed by atoms with Gasteiger partial charge in [-0.05, 0) is 43.7 Å². The van der Waals surface area contributed by atoms with E-state index in [4.69, 9.17) is 25.5 Å². The van der Waals surface area contributed by atoms with Gasteiger partial charge in [0.2, 0.25) is 11.8 Å². The van der Waals surface area contributed by atoms with E-state index in [1.807, 2.05) is 41.3 Å². The Bertz CT molecular complexity index is 1630. The zero-order valence-corrected chi connectivity index (χ0v) is 28.1. The molecule has 3 aromatic rings. The van der Waals surface area contributed by atoms with Crippen molar-refractivity contribution in [2.24, 2.45) is 11.7 Å². The van der Waals surface area contributed by atoms with Crippen molar-refractivity contribution in [1.82, 2.24) is 19.8 Å². The maximum Gasteiger partial charge on any atom is 0.490 e. The van der Waals surface area contributed by atoms with Gasteiger partial charge in [-0.1, -0.05) is 67.6 Å². The second-order valence-electron chi connectivity index (χ2n) is 12.2. The maximum atomic E-state index is 13.7. The lowest BCUT2D eigenvalue weighted by Crippen LogP contribution is -2.51. The van der Waals surface area contributed by atoms with Crippen LogP contribution in [-0.2, 0) is 24.0 Å². The molecule has 0 saturated carbocycles. The number of nitrogens with zero attached hydrogens (tertiary/aromatic N) is 3. The van der Waals surface area contributed by atoms with Gasteiger partial charge in [-0.15, -0.1) is 0 Å². The third kappa shape index (κ3) is 13.3. The Morgan fingerprint density at radius 1 is 0.827 bits per heavy atom. The van der Waals surface area contributed by atoms with Gasteiger partial charge in [-0.25, -0.2) is 14.6 Å². The van der Waals surface area contributed by atoms with E-state index in [1.54, 1.807) is 55.2 Å². The molecular formula is C33H38F6N6O7. The summed E-state index contributed by atoms with van der Waals surface area (Å²) >= 11 is 0. The first-order valence-corrected chi connectivity index (χ1v) is 15.5. The molecule has 2 atom stereocenters. The summed E-state index contributed by atoms with van der Waals surface area (Å²) in [7, 11) is 0. The fraction of sp³-hybridized carbons (Fsp3) is 0.394. The van der Waals surface area contributed by atoms with E-state index in [0.717, 1.165) is 31.5 Å². The van der Waals surface area contributed by atoms with Crippen LogP contribution in [0.1, 0.15) is 56.8 Å². The van der Waals surface area contributed by atoms with Gasteiger partial charge in [0.15, 0.2) is 5.82 Å². The van der Waals surface area contributed by atoms with Crippen molar-refractivity contribution in [3.05, 3.63) is 84.3 Å². The van der Waals surface area contributed by atoms with Gasteiger partial charge in [-0.2, -0.15) is 26.3 Å². The highest BCUT2D eigenvalue weighted by Gasteiger charge is 2.39. The van der Waals surface area contributed by atoms with Crippen LogP contribution < -0.4 is 16.4 Å². The number of nitrogens with one attached hydrogen (secondary N) is 2. The molecule has 19 heteroatoms. The molecule has 1 unspecified atom stereocenters. The molecule has 1 aliphatic heterocycles. The van der Waals surface area contributed by atoms with Gasteiger partial charge >= 0.3 is 24.3 Å². The zero-order chi connectivity index (χ0) is 39.4. The highest BCUT2D eigenvalue weighted by Crippen LogP contribution is 2.26.